The third kappa shape index (κ3) is 4.77. The zero-order valence-electron chi connectivity index (χ0n) is 14.3. The van der Waals surface area contributed by atoms with Crippen molar-refractivity contribution in [3.63, 3.8) is 0 Å². The number of hydrogen-bond donors (Lipinski definition) is 2. The molecule has 0 bridgehead atoms. The van der Waals surface area contributed by atoms with Gasteiger partial charge < -0.3 is 5.32 Å². The zero-order chi connectivity index (χ0) is 19.3. The number of halogens is 1. The van der Waals surface area contributed by atoms with Crippen LogP contribution < -0.4 is 10.6 Å². The second-order valence-corrected chi connectivity index (χ2v) is 6.54. The van der Waals surface area contributed by atoms with Crippen molar-refractivity contribution in [3.8, 4) is 0 Å². The van der Waals surface area contributed by atoms with Crippen LogP contribution in [0.25, 0.3) is 0 Å². The average Bonchev–Trinajstić information content (AvgIpc) is 2.61. The maximum Gasteiger partial charge on any atom is 0.288 e. The zero-order valence-corrected chi connectivity index (χ0v) is 15.9. The molecule has 2 N–H and O–H groups in total. The van der Waals surface area contributed by atoms with Crippen LogP contribution in [0.3, 0.4) is 0 Å². The van der Waals surface area contributed by atoms with Gasteiger partial charge in [-0.2, -0.15) is 0 Å². The Morgan fingerprint density at radius 3 is 2.65 bits per heavy atom. The summed E-state index contributed by atoms with van der Waals surface area (Å²) in [7, 11) is 0. The topological polar surface area (TPSA) is 84.3 Å². The third-order valence-corrected chi connectivity index (χ3v) is 4.51. The molecule has 0 heterocycles. The van der Waals surface area contributed by atoms with E-state index in [1.54, 1.807) is 0 Å². The van der Waals surface area contributed by atoms with Crippen LogP contribution in [-0.2, 0) is 0 Å². The molecule has 0 radical (unpaired) electrons. The molecule has 0 aliphatic carbocycles. The lowest BCUT2D eigenvalue weighted by atomic mass is 9.97. The van der Waals surface area contributed by atoms with E-state index in [-0.39, 0.29) is 21.4 Å². The van der Waals surface area contributed by atoms with Gasteiger partial charge in [-0.05, 0) is 48.3 Å². The molecule has 136 valence electrons. The molecule has 2 rings (SSSR count). The largest absolute Gasteiger partial charge is 0.332 e. The van der Waals surface area contributed by atoms with Crippen LogP contribution in [0.15, 0.2) is 42.5 Å². The summed E-state index contributed by atoms with van der Waals surface area (Å²) in [6, 6.07) is 11.5. The van der Waals surface area contributed by atoms with Gasteiger partial charge in [0.1, 0.15) is 5.02 Å². The smallest absolute Gasteiger partial charge is 0.288 e. The van der Waals surface area contributed by atoms with E-state index in [1.807, 2.05) is 24.3 Å². The summed E-state index contributed by atoms with van der Waals surface area (Å²) in [6.45, 7) is 4.20. The van der Waals surface area contributed by atoms with Gasteiger partial charge in [-0.1, -0.05) is 43.6 Å². The molecule has 1 atom stereocenters. The quantitative estimate of drug-likeness (QED) is 0.430. The standard InChI is InChI=1S/C18H18ClN3O3S/c1-3-11(2)13-6-4-5-7-15(13)20-18(26)21-17(23)12-8-9-14(19)16(10-12)22(24)25/h4-11H,3H2,1-2H3,(H2,20,21,23,26)/t11-/m0/s1. The van der Waals surface area contributed by atoms with Gasteiger partial charge in [-0.25, -0.2) is 0 Å². The van der Waals surface area contributed by atoms with E-state index in [2.05, 4.69) is 24.5 Å². The molecule has 0 aromatic heterocycles. The molecule has 0 saturated carbocycles. The minimum absolute atomic E-state index is 0.0327. The van der Waals surface area contributed by atoms with Crippen molar-refractivity contribution < 1.29 is 9.72 Å². The Balaban J connectivity index is 2.13. The van der Waals surface area contributed by atoms with Gasteiger partial charge in [0.25, 0.3) is 11.6 Å². The number of para-hydroxylation sites is 1. The molecule has 0 saturated heterocycles. The average molecular weight is 392 g/mol. The molecule has 6 nitrogen and oxygen atoms in total. The number of thiocarbonyl (C=S) groups is 1. The minimum atomic E-state index is -0.641. The van der Waals surface area contributed by atoms with Gasteiger partial charge in [0.2, 0.25) is 0 Å². The molecule has 0 aliphatic heterocycles. The number of carbonyl (C=O) groups is 1. The van der Waals surface area contributed by atoms with Crippen molar-refractivity contribution in [1.29, 1.82) is 0 Å². The lowest BCUT2D eigenvalue weighted by molar-refractivity contribution is -0.384. The molecule has 0 spiro atoms. The highest BCUT2D eigenvalue weighted by atomic mass is 35.5. The summed E-state index contributed by atoms with van der Waals surface area (Å²) >= 11 is 11.0. The van der Waals surface area contributed by atoms with E-state index >= 15 is 0 Å². The van der Waals surface area contributed by atoms with Crippen LogP contribution in [0.2, 0.25) is 5.02 Å². The summed E-state index contributed by atoms with van der Waals surface area (Å²) < 4.78 is 0. The highest BCUT2D eigenvalue weighted by Gasteiger charge is 2.17. The number of anilines is 1. The molecule has 0 unspecified atom stereocenters. The molecular formula is C18H18ClN3O3S. The van der Waals surface area contributed by atoms with Crippen LogP contribution in [-0.4, -0.2) is 15.9 Å². The van der Waals surface area contributed by atoms with Gasteiger partial charge >= 0.3 is 0 Å². The number of benzene rings is 2. The predicted octanol–water partition coefficient (Wildman–Crippen LogP) is 4.89. The van der Waals surface area contributed by atoms with Crippen molar-refractivity contribution in [3.05, 3.63) is 68.7 Å². The number of rotatable bonds is 5. The van der Waals surface area contributed by atoms with Crippen molar-refractivity contribution in [2.45, 2.75) is 26.2 Å². The first kappa shape index (κ1) is 19.8. The first-order valence-corrected chi connectivity index (χ1v) is 8.77. The number of nitro benzene ring substituents is 1. The van der Waals surface area contributed by atoms with Crippen LogP contribution in [0.1, 0.15) is 42.1 Å². The fourth-order valence-electron chi connectivity index (χ4n) is 2.38. The molecule has 2 aromatic rings. The van der Waals surface area contributed by atoms with Crippen LogP contribution in [0.5, 0.6) is 0 Å². The van der Waals surface area contributed by atoms with Crippen LogP contribution in [0.4, 0.5) is 11.4 Å². The van der Waals surface area contributed by atoms with Crippen molar-refractivity contribution in [2.75, 3.05) is 5.32 Å². The predicted molar refractivity (Wildman–Crippen MR) is 107 cm³/mol. The number of carbonyl (C=O) groups excluding carboxylic acids is 1. The van der Waals surface area contributed by atoms with Gasteiger partial charge in [-0.3, -0.25) is 20.2 Å². The molecular weight excluding hydrogens is 374 g/mol. The number of nitrogens with one attached hydrogen (secondary N) is 2. The van der Waals surface area contributed by atoms with Crippen molar-refractivity contribution >= 4 is 46.2 Å². The van der Waals surface area contributed by atoms with E-state index in [1.165, 1.54) is 12.1 Å². The highest BCUT2D eigenvalue weighted by Crippen LogP contribution is 2.27. The monoisotopic (exact) mass is 391 g/mol. The molecule has 8 heteroatoms. The summed E-state index contributed by atoms with van der Waals surface area (Å²) in [4.78, 5) is 22.6. The maximum atomic E-state index is 12.3. The van der Waals surface area contributed by atoms with E-state index < -0.39 is 10.8 Å². The third-order valence-electron chi connectivity index (χ3n) is 3.98. The normalized spacial score (nSPS) is 11.5. The Hall–Kier alpha value is -2.51. The second-order valence-electron chi connectivity index (χ2n) is 5.73. The highest BCUT2D eigenvalue weighted by molar-refractivity contribution is 7.80. The van der Waals surface area contributed by atoms with E-state index in [0.717, 1.165) is 23.7 Å². The number of nitro groups is 1. The summed E-state index contributed by atoms with van der Waals surface area (Å²) in [5.41, 5.74) is 1.67. The fourth-order valence-corrected chi connectivity index (χ4v) is 2.77. The molecule has 2 aromatic carbocycles. The molecule has 0 fully saturated rings. The molecule has 1 amide bonds. The number of nitrogens with zero attached hydrogens (tertiary/aromatic N) is 1. The fraction of sp³-hybridized carbons (Fsp3) is 0.222. The lowest BCUT2D eigenvalue weighted by Crippen LogP contribution is -2.34. The minimum Gasteiger partial charge on any atom is -0.332 e. The SMILES string of the molecule is CC[C@H](C)c1ccccc1NC(=S)NC(=O)c1ccc(Cl)c([N+](=O)[O-])c1. The van der Waals surface area contributed by atoms with E-state index in [4.69, 9.17) is 23.8 Å². The summed E-state index contributed by atoms with van der Waals surface area (Å²) in [5, 5.41) is 16.6. The Labute approximate surface area is 161 Å². The molecule has 0 aliphatic rings. The van der Waals surface area contributed by atoms with E-state index in [0.29, 0.717) is 5.92 Å². The van der Waals surface area contributed by atoms with Crippen molar-refractivity contribution in [1.82, 2.24) is 5.32 Å². The van der Waals surface area contributed by atoms with E-state index in [9.17, 15) is 14.9 Å². The first-order valence-electron chi connectivity index (χ1n) is 7.98. The van der Waals surface area contributed by atoms with Crippen molar-refractivity contribution in [2.24, 2.45) is 0 Å². The maximum absolute atomic E-state index is 12.3. The van der Waals surface area contributed by atoms with Gasteiger partial charge in [0.05, 0.1) is 4.92 Å². The Bertz CT molecular complexity index is 857. The molecule has 26 heavy (non-hydrogen) atoms. The van der Waals surface area contributed by atoms with Gasteiger partial charge in [0, 0.05) is 17.3 Å². The summed E-state index contributed by atoms with van der Waals surface area (Å²) in [5.74, 6) is -0.223. The number of amides is 1. The Morgan fingerprint density at radius 1 is 1.31 bits per heavy atom. The number of hydrogen-bond acceptors (Lipinski definition) is 4. The first-order chi connectivity index (χ1) is 12.3. The van der Waals surface area contributed by atoms with Crippen LogP contribution >= 0.6 is 23.8 Å². The van der Waals surface area contributed by atoms with Gasteiger partial charge in [-0.15, -0.1) is 0 Å². The summed E-state index contributed by atoms with van der Waals surface area (Å²) in [6.07, 6.45) is 0.965. The second kappa shape index (κ2) is 8.73. The Morgan fingerprint density at radius 2 is 2.00 bits per heavy atom. The Kier molecular flexibility index (Phi) is 6.65. The van der Waals surface area contributed by atoms with Crippen LogP contribution in [0, 0.1) is 10.1 Å². The lowest BCUT2D eigenvalue weighted by Gasteiger charge is -2.17. The van der Waals surface area contributed by atoms with Gasteiger partial charge in [0.15, 0.2) is 5.11 Å².